The minimum Gasteiger partial charge on any atom is -0.410 e. The summed E-state index contributed by atoms with van der Waals surface area (Å²) < 4.78 is 5.48. The van der Waals surface area contributed by atoms with Crippen LogP contribution in [0.4, 0.5) is 4.79 Å². The van der Waals surface area contributed by atoms with Crippen LogP contribution in [0.15, 0.2) is 48.5 Å². The molecular formula is C22H24N2O3. The van der Waals surface area contributed by atoms with Gasteiger partial charge < -0.3 is 15.8 Å². The molecule has 27 heavy (non-hydrogen) atoms. The van der Waals surface area contributed by atoms with E-state index in [9.17, 15) is 9.59 Å². The number of hydrogen-bond acceptors (Lipinski definition) is 3. The summed E-state index contributed by atoms with van der Waals surface area (Å²) in [6.45, 7) is 0. The maximum absolute atomic E-state index is 12.3. The van der Waals surface area contributed by atoms with Gasteiger partial charge in [-0.05, 0) is 79.3 Å². The topological polar surface area (TPSA) is 81.4 Å². The minimum atomic E-state index is -0.468. The van der Waals surface area contributed by atoms with E-state index in [-0.39, 0.29) is 6.04 Å². The van der Waals surface area contributed by atoms with Crippen molar-refractivity contribution in [2.45, 2.75) is 44.6 Å². The molecule has 0 aromatic heterocycles. The van der Waals surface area contributed by atoms with E-state index in [1.54, 1.807) is 30.3 Å². The third kappa shape index (κ3) is 4.13. The Hall–Kier alpha value is -2.82. The van der Waals surface area contributed by atoms with Gasteiger partial charge in [-0.1, -0.05) is 24.3 Å². The van der Waals surface area contributed by atoms with E-state index < -0.39 is 12.0 Å². The van der Waals surface area contributed by atoms with Crippen molar-refractivity contribution in [1.29, 1.82) is 0 Å². The molecule has 5 nitrogen and oxygen atoms in total. The van der Waals surface area contributed by atoms with Crippen molar-refractivity contribution in [3.63, 3.8) is 0 Å². The van der Waals surface area contributed by atoms with Gasteiger partial charge in [0.25, 0.3) is 0 Å². The van der Waals surface area contributed by atoms with Gasteiger partial charge in [0, 0.05) is 11.6 Å². The normalized spacial score (nSPS) is 18.1. The van der Waals surface area contributed by atoms with Gasteiger partial charge in [-0.15, -0.1) is 0 Å². The number of carbonyl (C=O) groups excluding carboxylic acids is 2. The highest BCUT2D eigenvalue weighted by atomic mass is 16.6. The van der Waals surface area contributed by atoms with Crippen LogP contribution < -0.4 is 15.8 Å². The molecule has 2 fully saturated rings. The highest BCUT2D eigenvalue weighted by molar-refractivity contribution is 5.94. The van der Waals surface area contributed by atoms with Crippen LogP contribution in [-0.4, -0.2) is 18.0 Å². The first-order valence-electron chi connectivity index (χ1n) is 9.52. The average molecular weight is 364 g/mol. The number of carbonyl (C=O) groups is 2. The third-order valence-electron chi connectivity index (χ3n) is 5.85. The van der Waals surface area contributed by atoms with Gasteiger partial charge in [0.1, 0.15) is 5.75 Å². The Labute approximate surface area is 158 Å². The van der Waals surface area contributed by atoms with E-state index in [2.05, 4.69) is 5.32 Å². The molecular weight excluding hydrogens is 340 g/mol. The Morgan fingerprint density at radius 3 is 2.30 bits per heavy atom. The van der Waals surface area contributed by atoms with Gasteiger partial charge in [0.05, 0.1) is 0 Å². The van der Waals surface area contributed by atoms with E-state index in [0.717, 1.165) is 24.0 Å². The van der Waals surface area contributed by atoms with E-state index in [4.69, 9.17) is 10.5 Å². The predicted octanol–water partition coefficient (Wildman–Crippen LogP) is 4.26. The van der Waals surface area contributed by atoms with Crippen LogP contribution in [0.3, 0.4) is 0 Å². The first-order chi connectivity index (χ1) is 13.0. The van der Waals surface area contributed by atoms with Crippen molar-refractivity contribution in [3.05, 3.63) is 54.1 Å². The zero-order valence-electron chi connectivity index (χ0n) is 15.2. The van der Waals surface area contributed by atoms with Crippen LogP contribution in [0, 0.1) is 5.41 Å². The molecule has 4 rings (SSSR count). The number of ether oxygens (including phenoxy) is 1. The third-order valence-corrected chi connectivity index (χ3v) is 5.85. The first-order valence-corrected chi connectivity index (χ1v) is 9.52. The van der Waals surface area contributed by atoms with Crippen molar-refractivity contribution < 1.29 is 14.3 Å². The molecule has 2 aliphatic rings. The Morgan fingerprint density at radius 2 is 1.63 bits per heavy atom. The summed E-state index contributed by atoms with van der Waals surface area (Å²) in [5.74, 6) is 0.00745. The molecule has 2 aromatic carbocycles. The highest BCUT2D eigenvalue weighted by Crippen LogP contribution is 2.56. The standard InChI is InChI=1S/C22H24N2O3/c23-20(25)17-5-1-3-15(13-17)16-4-2-6-19(14-16)27-21(26)24-18-7-9-22(10-8-18)11-12-22/h1-6,13-14,18H,7-12H2,(H2,23,25)(H,24,26). The zero-order valence-corrected chi connectivity index (χ0v) is 15.2. The first kappa shape index (κ1) is 17.6. The summed E-state index contributed by atoms with van der Waals surface area (Å²) in [6.07, 6.45) is 6.80. The van der Waals surface area contributed by atoms with Crippen LogP contribution in [0.1, 0.15) is 48.9 Å². The molecule has 0 saturated heterocycles. The molecule has 1 spiro atoms. The van der Waals surface area contributed by atoms with Gasteiger partial charge in [-0.25, -0.2) is 4.79 Å². The summed E-state index contributed by atoms with van der Waals surface area (Å²) >= 11 is 0. The van der Waals surface area contributed by atoms with Crippen molar-refractivity contribution in [2.24, 2.45) is 11.1 Å². The Balaban J connectivity index is 1.39. The molecule has 0 unspecified atom stereocenters. The number of hydrogen-bond donors (Lipinski definition) is 2. The van der Waals surface area contributed by atoms with Crippen LogP contribution in [0.2, 0.25) is 0 Å². The summed E-state index contributed by atoms with van der Waals surface area (Å²) in [5.41, 5.74) is 8.11. The highest BCUT2D eigenvalue weighted by Gasteiger charge is 2.44. The van der Waals surface area contributed by atoms with Gasteiger partial charge in [-0.2, -0.15) is 0 Å². The lowest BCUT2D eigenvalue weighted by Gasteiger charge is -2.28. The molecule has 2 aliphatic carbocycles. The maximum atomic E-state index is 12.3. The van der Waals surface area contributed by atoms with Crippen LogP contribution in [0.25, 0.3) is 11.1 Å². The molecule has 2 amide bonds. The van der Waals surface area contributed by atoms with E-state index in [0.29, 0.717) is 16.7 Å². The summed E-state index contributed by atoms with van der Waals surface area (Å²) in [7, 11) is 0. The molecule has 3 N–H and O–H groups in total. The second-order valence-electron chi connectivity index (χ2n) is 7.78. The molecule has 2 aromatic rings. The number of primary amides is 1. The smallest absolute Gasteiger partial charge is 0.410 e. The van der Waals surface area contributed by atoms with Crippen molar-refractivity contribution in [3.8, 4) is 16.9 Å². The Morgan fingerprint density at radius 1 is 0.963 bits per heavy atom. The lowest BCUT2D eigenvalue weighted by Crippen LogP contribution is -2.39. The minimum absolute atomic E-state index is 0.208. The van der Waals surface area contributed by atoms with Crippen molar-refractivity contribution in [2.75, 3.05) is 0 Å². The van der Waals surface area contributed by atoms with Gasteiger partial charge in [0.2, 0.25) is 5.91 Å². The Kier molecular flexibility index (Phi) is 4.60. The summed E-state index contributed by atoms with van der Waals surface area (Å²) in [5, 5.41) is 2.99. The van der Waals surface area contributed by atoms with Crippen molar-refractivity contribution in [1.82, 2.24) is 5.32 Å². The number of rotatable bonds is 4. The molecule has 140 valence electrons. The number of nitrogens with one attached hydrogen (secondary N) is 1. The maximum Gasteiger partial charge on any atom is 0.412 e. The van der Waals surface area contributed by atoms with E-state index in [1.807, 2.05) is 18.2 Å². The Bertz CT molecular complexity index is 863. The fourth-order valence-corrected chi connectivity index (χ4v) is 3.95. The summed E-state index contributed by atoms with van der Waals surface area (Å²) in [4.78, 5) is 23.6. The van der Waals surface area contributed by atoms with E-state index in [1.165, 1.54) is 25.7 Å². The van der Waals surface area contributed by atoms with Gasteiger partial charge in [-0.3, -0.25) is 4.79 Å². The van der Waals surface area contributed by atoms with E-state index >= 15 is 0 Å². The lowest BCUT2D eigenvalue weighted by atomic mass is 9.83. The quantitative estimate of drug-likeness (QED) is 0.850. The van der Waals surface area contributed by atoms with Gasteiger partial charge in [0.15, 0.2) is 0 Å². The zero-order chi connectivity index (χ0) is 18.9. The molecule has 0 atom stereocenters. The number of amides is 2. The molecule has 0 aliphatic heterocycles. The molecule has 0 radical (unpaired) electrons. The van der Waals surface area contributed by atoms with Crippen LogP contribution >= 0.6 is 0 Å². The largest absolute Gasteiger partial charge is 0.412 e. The SMILES string of the molecule is NC(=O)c1cccc(-c2cccc(OC(=O)NC3CCC4(CC3)CC4)c2)c1. The fourth-order valence-electron chi connectivity index (χ4n) is 3.95. The second-order valence-corrected chi connectivity index (χ2v) is 7.78. The molecule has 0 bridgehead atoms. The number of nitrogens with two attached hydrogens (primary N) is 1. The van der Waals surface area contributed by atoms with Crippen LogP contribution in [0.5, 0.6) is 5.75 Å². The average Bonchev–Trinajstić information content (AvgIpc) is 3.43. The predicted molar refractivity (Wildman–Crippen MR) is 103 cm³/mol. The fraction of sp³-hybridized carbons (Fsp3) is 0.364. The second kappa shape index (κ2) is 7.06. The number of benzene rings is 2. The van der Waals surface area contributed by atoms with Gasteiger partial charge >= 0.3 is 6.09 Å². The molecule has 0 heterocycles. The molecule has 5 heteroatoms. The molecule has 2 saturated carbocycles. The van der Waals surface area contributed by atoms with Crippen LogP contribution in [-0.2, 0) is 0 Å². The van der Waals surface area contributed by atoms with Crippen molar-refractivity contribution >= 4 is 12.0 Å². The summed E-state index contributed by atoms with van der Waals surface area (Å²) in [6, 6.07) is 14.6. The lowest BCUT2D eigenvalue weighted by molar-refractivity contribution is 0.1000. The monoisotopic (exact) mass is 364 g/mol.